The summed E-state index contributed by atoms with van der Waals surface area (Å²) in [5.74, 6) is 0. The van der Waals surface area contributed by atoms with E-state index in [1.807, 2.05) is 12.3 Å². The average Bonchev–Trinajstić information content (AvgIpc) is 2.79. The highest BCUT2D eigenvalue weighted by Gasteiger charge is 2.13. The number of fused-ring (bicyclic) bond motifs is 1. The lowest BCUT2D eigenvalue weighted by Gasteiger charge is -2.20. The monoisotopic (exact) mass is 289 g/mol. The van der Waals surface area contributed by atoms with Crippen molar-refractivity contribution in [2.24, 2.45) is 0 Å². The molecule has 0 aromatic carbocycles. The standard InChI is InChI=1S/C17H27N3O/c1-17(2,3)19-12-14-13-20(10-5-6-11-21-4)16-15(14)8-7-9-18-16/h7-9,13,19H,5-6,10-12H2,1-4H3. The van der Waals surface area contributed by atoms with Crippen LogP contribution in [0.4, 0.5) is 0 Å². The molecule has 0 fully saturated rings. The number of pyridine rings is 1. The van der Waals surface area contributed by atoms with Gasteiger partial charge in [-0.25, -0.2) is 4.98 Å². The molecule has 2 heterocycles. The summed E-state index contributed by atoms with van der Waals surface area (Å²) in [6, 6.07) is 4.17. The maximum absolute atomic E-state index is 5.11. The van der Waals surface area contributed by atoms with Gasteiger partial charge in [0.25, 0.3) is 0 Å². The third-order valence-corrected chi connectivity index (χ3v) is 3.52. The Morgan fingerprint density at radius 1 is 1.29 bits per heavy atom. The quantitative estimate of drug-likeness (QED) is 0.795. The first-order chi connectivity index (χ1) is 10.0. The van der Waals surface area contributed by atoms with Crippen molar-refractivity contribution in [3.8, 4) is 0 Å². The summed E-state index contributed by atoms with van der Waals surface area (Å²) in [6.07, 6.45) is 6.30. The molecule has 2 rings (SSSR count). The van der Waals surface area contributed by atoms with Crippen LogP contribution in [0.1, 0.15) is 39.2 Å². The maximum Gasteiger partial charge on any atom is 0.140 e. The minimum atomic E-state index is 0.120. The van der Waals surface area contributed by atoms with Crippen LogP contribution in [0.25, 0.3) is 11.0 Å². The molecule has 4 heteroatoms. The molecule has 0 radical (unpaired) electrons. The van der Waals surface area contributed by atoms with Crippen molar-refractivity contribution < 1.29 is 4.74 Å². The summed E-state index contributed by atoms with van der Waals surface area (Å²) in [7, 11) is 1.75. The van der Waals surface area contributed by atoms with Gasteiger partial charge in [0.1, 0.15) is 5.65 Å². The highest BCUT2D eigenvalue weighted by Crippen LogP contribution is 2.20. The Hall–Kier alpha value is -1.39. The lowest BCUT2D eigenvalue weighted by Crippen LogP contribution is -2.34. The molecule has 0 saturated carbocycles. The predicted molar refractivity (Wildman–Crippen MR) is 87.4 cm³/mol. The Kier molecular flexibility index (Phi) is 5.37. The van der Waals surface area contributed by atoms with Gasteiger partial charge in [-0.1, -0.05) is 0 Å². The zero-order valence-corrected chi connectivity index (χ0v) is 13.6. The van der Waals surface area contributed by atoms with E-state index in [2.05, 4.69) is 47.9 Å². The Balaban J connectivity index is 2.14. The fourth-order valence-electron chi connectivity index (χ4n) is 2.40. The fraction of sp³-hybridized carbons (Fsp3) is 0.588. The van der Waals surface area contributed by atoms with Crippen molar-refractivity contribution in [1.29, 1.82) is 0 Å². The molecule has 0 spiro atoms. The largest absolute Gasteiger partial charge is 0.385 e. The topological polar surface area (TPSA) is 39.1 Å². The Labute approximate surface area is 127 Å². The summed E-state index contributed by atoms with van der Waals surface area (Å²) in [4.78, 5) is 4.55. The van der Waals surface area contributed by atoms with Crippen molar-refractivity contribution in [2.45, 2.75) is 52.2 Å². The van der Waals surface area contributed by atoms with E-state index >= 15 is 0 Å². The van der Waals surface area contributed by atoms with E-state index in [-0.39, 0.29) is 5.54 Å². The van der Waals surface area contributed by atoms with Crippen LogP contribution >= 0.6 is 0 Å². The second-order valence-electron chi connectivity index (χ2n) is 6.53. The summed E-state index contributed by atoms with van der Waals surface area (Å²) in [5, 5.41) is 4.81. The van der Waals surface area contributed by atoms with Crippen molar-refractivity contribution >= 4 is 11.0 Å². The highest BCUT2D eigenvalue weighted by atomic mass is 16.5. The number of ether oxygens (including phenoxy) is 1. The van der Waals surface area contributed by atoms with Crippen molar-refractivity contribution in [1.82, 2.24) is 14.9 Å². The van der Waals surface area contributed by atoms with Crippen molar-refractivity contribution in [3.63, 3.8) is 0 Å². The normalized spacial score (nSPS) is 12.2. The molecule has 2 aromatic rings. The average molecular weight is 289 g/mol. The molecule has 0 aliphatic carbocycles. The lowest BCUT2D eigenvalue weighted by atomic mass is 10.1. The number of methoxy groups -OCH3 is 1. The van der Waals surface area contributed by atoms with E-state index in [1.165, 1.54) is 10.9 Å². The summed E-state index contributed by atoms with van der Waals surface area (Å²) >= 11 is 0. The first-order valence-corrected chi connectivity index (χ1v) is 7.68. The SMILES string of the molecule is COCCCCn1cc(CNC(C)(C)C)c2cccnc21. The summed E-state index contributed by atoms with van der Waals surface area (Å²) < 4.78 is 7.38. The third kappa shape index (κ3) is 4.55. The van der Waals surface area contributed by atoms with Crippen LogP contribution in [0.15, 0.2) is 24.5 Å². The number of nitrogens with zero attached hydrogens (tertiary/aromatic N) is 2. The highest BCUT2D eigenvalue weighted by molar-refractivity contribution is 5.80. The molecule has 0 saturated heterocycles. The molecular weight excluding hydrogens is 262 g/mol. The van der Waals surface area contributed by atoms with E-state index in [0.29, 0.717) is 0 Å². The summed E-state index contributed by atoms with van der Waals surface area (Å²) in [6.45, 7) is 9.26. The number of hydrogen-bond acceptors (Lipinski definition) is 3. The van der Waals surface area contributed by atoms with Crippen LogP contribution < -0.4 is 5.32 Å². The predicted octanol–water partition coefficient (Wildman–Crippen LogP) is 3.35. The molecule has 0 atom stereocenters. The maximum atomic E-state index is 5.11. The molecule has 0 amide bonds. The summed E-state index contributed by atoms with van der Waals surface area (Å²) in [5.41, 5.74) is 2.52. The molecule has 0 aliphatic rings. The molecule has 0 aliphatic heterocycles. The second kappa shape index (κ2) is 7.05. The Bertz CT molecular complexity index is 569. The zero-order chi connectivity index (χ0) is 15.3. The zero-order valence-electron chi connectivity index (χ0n) is 13.6. The van der Waals surface area contributed by atoms with Crippen LogP contribution in [0.2, 0.25) is 0 Å². The van der Waals surface area contributed by atoms with Gasteiger partial charge in [-0.2, -0.15) is 0 Å². The van der Waals surface area contributed by atoms with Gasteiger partial charge >= 0.3 is 0 Å². The van der Waals surface area contributed by atoms with Crippen LogP contribution in [-0.4, -0.2) is 28.8 Å². The van der Waals surface area contributed by atoms with Gasteiger partial charge < -0.3 is 14.6 Å². The third-order valence-electron chi connectivity index (χ3n) is 3.52. The van der Waals surface area contributed by atoms with Gasteiger partial charge in [0.05, 0.1) is 0 Å². The lowest BCUT2D eigenvalue weighted by molar-refractivity contribution is 0.191. The van der Waals surface area contributed by atoms with Gasteiger partial charge in [-0.15, -0.1) is 0 Å². The molecule has 21 heavy (non-hydrogen) atoms. The van der Waals surface area contributed by atoms with Crippen molar-refractivity contribution in [3.05, 3.63) is 30.1 Å². The van der Waals surface area contributed by atoms with Crippen molar-refractivity contribution in [2.75, 3.05) is 13.7 Å². The molecule has 2 aromatic heterocycles. The van der Waals surface area contributed by atoms with Gasteiger partial charge in [0.15, 0.2) is 0 Å². The van der Waals surface area contributed by atoms with Gasteiger partial charge in [-0.3, -0.25) is 0 Å². The Morgan fingerprint density at radius 3 is 2.81 bits per heavy atom. The molecule has 116 valence electrons. The first kappa shape index (κ1) is 16.0. The smallest absolute Gasteiger partial charge is 0.140 e. The molecular formula is C17H27N3O. The van der Waals surface area contributed by atoms with Crippen LogP contribution in [0, 0.1) is 0 Å². The Morgan fingerprint density at radius 2 is 2.10 bits per heavy atom. The minimum Gasteiger partial charge on any atom is -0.385 e. The fourth-order valence-corrected chi connectivity index (χ4v) is 2.40. The number of rotatable bonds is 7. The molecule has 4 nitrogen and oxygen atoms in total. The van der Waals surface area contributed by atoms with Crippen LogP contribution in [0.3, 0.4) is 0 Å². The number of aromatic nitrogens is 2. The molecule has 1 N–H and O–H groups in total. The van der Waals surface area contributed by atoms with E-state index in [1.54, 1.807) is 7.11 Å². The number of aryl methyl sites for hydroxylation is 1. The van der Waals surface area contributed by atoms with E-state index in [9.17, 15) is 0 Å². The minimum absolute atomic E-state index is 0.120. The first-order valence-electron chi connectivity index (χ1n) is 7.68. The van der Waals surface area contributed by atoms with E-state index in [0.717, 1.165) is 38.2 Å². The number of unbranched alkanes of at least 4 members (excludes halogenated alkanes) is 1. The van der Waals surface area contributed by atoms with E-state index in [4.69, 9.17) is 4.74 Å². The van der Waals surface area contributed by atoms with Crippen LogP contribution in [-0.2, 0) is 17.8 Å². The van der Waals surface area contributed by atoms with Gasteiger partial charge in [0, 0.05) is 50.1 Å². The van der Waals surface area contributed by atoms with Gasteiger partial charge in [-0.05, 0) is 51.3 Å². The molecule has 0 unspecified atom stereocenters. The van der Waals surface area contributed by atoms with Crippen LogP contribution in [0.5, 0.6) is 0 Å². The number of hydrogen-bond donors (Lipinski definition) is 1. The second-order valence-corrected chi connectivity index (χ2v) is 6.53. The van der Waals surface area contributed by atoms with Gasteiger partial charge in [0.2, 0.25) is 0 Å². The number of nitrogens with one attached hydrogen (secondary N) is 1. The van der Waals surface area contributed by atoms with E-state index < -0.39 is 0 Å². The molecule has 0 bridgehead atoms.